The number of unbranched alkanes of at least 4 members (excludes halogenated alkanes) is 1. The van der Waals surface area contributed by atoms with E-state index in [-0.39, 0.29) is 68.5 Å². The fourth-order valence-electron chi connectivity index (χ4n) is 9.06. The van der Waals surface area contributed by atoms with Gasteiger partial charge in [0.15, 0.2) is 0 Å². The quantitative estimate of drug-likeness (QED) is 0.0896. The summed E-state index contributed by atoms with van der Waals surface area (Å²) < 4.78 is 28.5. The van der Waals surface area contributed by atoms with E-state index < -0.39 is 42.0 Å². The van der Waals surface area contributed by atoms with E-state index >= 15 is 0 Å². The summed E-state index contributed by atoms with van der Waals surface area (Å²) in [5.74, 6) is -2.67. The van der Waals surface area contributed by atoms with Crippen molar-refractivity contribution >= 4 is 52.4 Å². The van der Waals surface area contributed by atoms with Crippen LogP contribution in [0.1, 0.15) is 113 Å². The van der Waals surface area contributed by atoms with E-state index in [1.54, 1.807) is 28.4 Å². The van der Waals surface area contributed by atoms with Crippen LogP contribution in [0.3, 0.4) is 0 Å². The third-order valence-electron chi connectivity index (χ3n) is 12.9. The maximum absolute atomic E-state index is 14.2. The fourth-order valence-corrected chi connectivity index (χ4v) is 9.87. The molecule has 1 aromatic carbocycles. The van der Waals surface area contributed by atoms with Gasteiger partial charge in [0.2, 0.25) is 23.6 Å². The van der Waals surface area contributed by atoms with Gasteiger partial charge in [-0.3, -0.25) is 19.2 Å². The number of likely N-dealkylation sites (tertiary alicyclic amines) is 2. The zero-order chi connectivity index (χ0) is 48.0. The van der Waals surface area contributed by atoms with Crippen LogP contribution in [-0.2, 0) is 19.2 Å². The Morgan fingerprint density at radius 3 is 2.37 bits per heavy atom. The highest BCUT2D eigenvalue weighted by Gasteiger charge is 2.45. The predicted molar refractivity (Wildman–Crippen MR) is 252 cm³/mol. The molecular formula is C49H60F2N10O5S. The van der Waals surface area contributed by atoms with Gasteiger partial charge in [0, 0.05) is 58.1 Å². The smallest absolute Gasteiger partial charge is 0.266 e. The van der Waals surface area contributed by atoms with Crippen molar-refractivity contribution < 1.29 is 33.1 Å². The summed E-state index contributed by atoms with van der Waals surface area (Å²) in [5.41, 5.74) is 5.30. The highest BCUT2D eigenvalue weighted by atomic mass is 32.1. The number of pyridine rings is 2. The number of anilines is 3. The van der Waals surface area contributed by atoms with E-state index in [4.69, 9.17) is 0 Å². The number of β-amino-alcohol motifs (C(OH)–C–C–N with tert-alkyl or cyclic N) is 1. The van der Waals surface area contributed by atoms with Crippen molar-refractivity contribution in [1.29, 1.82) is 5.26 Å². The molecule has 67 heavy (non-hydrogen) atoms. The monoisotopic (exact) mass is 938 g/mol. The largest absolute Gasteiger partial charge is 0.391 e. The molecule has 0 aliphatic carbocycles. The molecule has 4 amide bonds. The summed E-state index contributed by atoms with van der Waals surface area (Å²) in [5, 5.41) is 29.1. The molecule has 0 spiro atoms. The number of hydrogen-bond acceptors (Lipinski definition) is 12. The molecule has 18 heteroatoms. The van der Waals surface area contributed by atoms with Crippen molar-refractivity contribution in [2.75, 3.05) is 42.9 Å². The van der Waals surface area contributed by atoms with Crippen molar-refractivity contribution in [2.45, 2.75) is 122 Å². The second-order valence-corrected chi connectivity index (χ2v) is 19.9. The Kier molecular flexibility index (Phi) is 15.2. The van der Waals surface area contributed by atoms with Gasteiger partial charge in [0.05, 0.1) is 46.4 Å². The van der Waals surface area contributed by atoms with E-state index in [1.807, 2.05) is 81.4 Å². The molecule has 7 rings (SSSR count). The van der Waals surface area contributed by atoms with Gasteiger partial charge in [-0.15, -0.1) is 11.3 Å². The minimum atomic E-state index is -2.81. The SMILES string of the molecule is Cc1ncsc1-c1ccc([C@H](C)NC(=O)[C@@H]2C[C@@H](O)CN2C(=O)[C@@H](NC(=O)CCCCC(=O)N2CCC(c3cc(Nc4cc(C#N)ccn4)nc(N4CCC(F)(F)C4)c3)CC2)C(C)(C)C)cc1. The zero-order valence-corrected chi connectivity index (χ0v) is 39.5. The highest BCUT2D eigenvalue weighted by molar-refractivity contribution is 7.13. The van der Waals surface area contributed by atoms with Crippen LogP contribution in [0.5, 0.6) is 0 Å². The van der Waals surface area contributed by atoms with Gasteiger partial charge in [0.1, 0.15) is 29.5 Å². The van der Waals surface area contributed by atoms with Crippen molar-refractivity contribution in [1.82, 2.24) is 35.4 Å². The molecule has 3 aromatic heterocycles. The van der Waals surface area contributed by atoms with Crippen LogP contribution >= 0.6 is 11.3 Å². The summed E-state index contributed by atoms with van der Waals surface area (Å²) in [4.78, 5) is 73.7. The first-order valence-corrected chi connectivity index (χ1v) is 23.9. The number of halogens is 2. The Morgan fingerprint density at radius 2 is 1.72 bits per heavy atom. The first kappa shape index (κ1) is 48.9. The summed E-state index contributed by atoms with van der Waals surface area (Å²) in [6.07, 6.45) is 3.00. The second kappa shape index (κ2) is 20.8. The number of aryl methyl sites for hydroxylation is 1. The lowest BCUT2D eigenvalue weighted by atomic mass is 9.85. The normalized spacial score (nSPS) is 19.4. The van der Waals surface area contributed by atoms with Crippen molar-refractivity contribution in [3.05, 3.63) is 82.6 Å². The molecule has 0 bridgehead atoms. The number of carbonyl (C=O) groups excluding carboxylic acids is 4. The number of carbonyl (C=O) groups is 4. The van der Waals surface area contributed by atoms with Gasteiger partial charge in [-0.1, -0.05) is 45.0 Å². The number of rotatable bonds is 15. The predicted octanol–water partition coefficient (Wildman–Crippen LogP) is 7.01. The van der Waals surface area contributed by atoms with E-state index in [0.717, 1.165) is 27.3 Å². The standard InChI is InChI=1S/C49H60F2N10O5S/c1-30(33-10-12-35(13-11-33)44-31(2)54-29-67-44)55-46(65)38-25-37(62)27-61(38)47(66)45(48(3,4)5)58-42(63)8-6-7-9-43(64)59-19-15-34(16-20-59)36-23-40(56-39-22-32(26-52)14-18-53-39)57-41(24-36)60-21-17-49(50,51)28-60/h10-14,18,22-24,29-30,34,37-38,45,62H,6-9,15-17,19-21,25,27-28H2,1-5H3,(H,55,65)(H,58,63)(H,53,56,57)/t30-,37+,38-,45+/m0/s1. The van der Waals surface area contributed by atoms with Gasteiger partial charge in [-0.25, -0.2) is 23.7 Å². The van der Waals surface area contributed by atoms with Crippen LogP contribution in [0.25, 0.3) is 10.4 Å². The summed E-state index contributed by atoms with van der Waals surface area (Å²) in [7, 11) is 0. The van der Waals surface area contributed by atoms with Crippen LogP contribution in [0.2, 0.25) is 0 Å². The number of nitriles is 1. The van der Waals surface area contributed by atoms with Crippen molar-refractivity contribution in [3.63, 3.8) is 0 Å². The minimum Gasteiger partial charge on any atom is -0.391 e. The number of aliphatic hydroxyl groups excluding tert-OH is 1. The number of alkyl halides is 2. The number of piperidine rings is 1. The Balaban J connectivity index is 0.886. The number of nitrogens with zero attached hydrogens (tertiary/aromatic N) is 7. The zero-order valence-electron chi connectivity index (χ0n) is 38.7. The number of nitrogens with one attached hydrogen (secondary N) is 3. The lowest BCUT2D eigenvalue weighted by molar-refractivity contribution is -0.144. The summed E-state index contributed by atoms with van der Waals surface area (Å²) >= 11 is 1.56. The average molecular weight is 939 g/mol. The molecule has 4 atom stereocenters. The Morgan fingerprint density at radius 1 is 0.985 bits per heavy atom. The van der Waals surface area contributed by atoms with Crippen LogP contribution in [0.4, 0.5) is 26.2 Å². The molecule has 3 saturated heterocycles. The molecule has 3 fully saturated rings. The average Bonchev–Trinajstić information content (AvgIpc) is 4.03. The Labute approximate surface area is 394 Å². The maximum Gasteiger partial charge on any atom is 0.266 e. The van der Waals surface area contributed by atoms with Gasteiger partial charge in [-0.2, -0.15) is 5.26 Å². The van der Waals surface area contributed by atoms with Crippen LogP contribution in [0.15, 0.2) is 60.2 Å². The van der Waals surface area contributed by atoms with Crippen LogP contribution in [-0.4, -0.2) is 110 Å². The fraction of sp³-hybridized carbons (Fsp3) is 0.510. The summed E-state index contributed by atoms with van der Waals surface area (Å²) in [6.45, 7) is 10.1. The third kappa shape index (κ3) is 12.3. The molecule has 15 nitrogen and oxygen atoms in total. The van der Waals surface area contributed by atoms with E-state index in [2.05, 4.69) is 37.0 Å². The number of amides is 4. The van der Waals surface area contributed by atoms with E-state index in [9.17, 15) is 38.3 Å². The molecule has 356 valence electrons. The molecule has 6 heterocycles. The molecule has 0 radical (unpaired) electrons. The molecule has 3 aliphatic rings. The number of hydrogen-bond donors (Lipinski definition) is 4. The number of benzene rings is 1. The third-order valence-corrected chi connectivity index (χ3v) is 13.9. The summed E-state index contributed by atoms with van der Waals surface area (Å²) in [6, 6.07) is 14.6. The van der Waals surface area contributed by atoms with Gasteiger partial charge in [-0.05, 0) is 91.8 Å². The molecular weight excluding hydrogens is 879 g/mol. The lowest BCUT2D eigenvalue weighted by Crippen LogP contribution is -2.57. The van der Waals surface area contributed by atoms with Gasteiger partial charge >= 0.3 is 0 Å². The molecule has 4 aromatic rings. The van der Waals surface area contributed by atoms with Gasteiger partial charge < -0.3 is 35.8 Å². The van der Waals surface area contributed by atoms with E-state index in [1.165, 1.54) is 11.1 Å². The second-order valence-electron chi connectivity index (χ2n) is 19.1. The van der Waals surface area contributed by atoms with Crippen LogP contribution in [0, 0.1) is 23.7 Å². The van der Waals surface area contributed by atoms with Crippen LogP contribution < -0.4 is 20.9 Å². The molecule has 0 unspecified atom stereocenters. The Hall–Kier alpha value is -6.06. The number of aliphatic hydroxyl groups is 1. The first-order chi connectivity index (χ1) is 31.9. The minimum absolute atomic E-state index is 0.0172. The Bertz CT molecular complexity index is 2460. The molecule has 0 saturated carbocycles. The number of thiazole rings is 1. The topological polar surface area (TPSA) is 197 Å². The van der Waals surface area contributed by atoms with E-state index in [0.29, 0.717) is 61.8 Å². The van der Waals surface area contributed by atoms with Gasteiger partial charge in [0.25, 0.3) is 5.92 Å². The lowest BCUT2D eigenvalue weighted by Gasteiger charge is -2.35. The van der Waals surface area contributed by atoms with Crippen molar-refractivity contribution in [3.8, 4) is 16.5 Å². The highest BCUT2D eigenvalue weighted by Crippen LogP contribution is 2.36. The number of aromatic nitrogens is 3. The molecule has 3 aliphatic heterocycles. The van der Waals surface area contributed by atoms with Crippen molar-refractivity contribution in [2.24, 2.45) is 5.41 Å². The maximum atomic E-state index is 14.2. The molecule has 4 N–H and O–H groups in total. The first-order valence-electron chi connectivity index (χ1n) is 23.0.